The van der Waals surface area contributed by atoms with Gasteiger partial charge in [-0.2, -0.15) is 0 Å². The molecule has 90 valence electrons. The molecule has 0 N–H and O–H groups in total. The number of halogens is 2. The van der Waals surface area contributed by atoms with Crippen LogP contribution in [0.3, 0.4) is 0 Å². The molecule has 3 rings (SSSR count). The Balaban J connectivity index is 2.35. The lowest BCUT2D eigenvalue weighted by molar-refractivity contribution is 0.510. The van der Waals surface area contributed by atoms with Crippen LogP contribution < -0.4 is 0 Å². The predicted octanol–water partition coefficient (Wildman–Crippen LogP) is 4.12. The minimum atomic E-state index is -0.816. The monoisotopic (exact) mass is 243 g/mol. The van der Waals surface area contributed by atoms with Crippen LogP contribution in [-0.4, -0.2) is 4.57 Å². The molecule has 0 atom stereocenters. The van der Waals surface area contributed by atoms with E-state index in [1.54, 1.807) is 4.57 Å². The summed E-state index contributed by atoms with van der Waals surface area (Å²) in [5, 5.41) is 0.725. The van der Waals surface area contributed by atoms with Gasteiger partial charge in [0, 0.05) is 30.3 Å². The summed E-state index contributed by atoms with van der Waals surface area (Å²) in [5.41, 5.74) is 2.59. The van der Waals surface area contributed by atoms with Gasteiger partial charge in [-0.1, -0.05) is 30.3 Å². The number of rotatable bonds is 1. The minimum absolute atomic E-state index is 0.688. The molecule has 2 aromatic carbocycles. The average molecular weight is 243 g/mol. The molecule has 0 amide bonds. The van der Waals surface area contributed by atoms with Crippen LogP contribution in [0.15, 0.2) is 48.7 Å². The van der Waals surface area contributed by atoms with Crippen LogP contribution in [-0.2, 0) is 7.05 Å². The molecule has 3 heteroatoms. The molecule has 0 fully saturated rings. The van der Waals surface area contributed by atoms with Crippen molar-refractivity contribution in [1.82, 2.24) is 4.57 Å². The van der Waals surface area contributed by atoms with E-state index in [9.17, 15) is 8.78 Å². The summed E-state index contributed by atoms with van der Waals surface area (Å²) in [5.74, 6) is -1.63. The van der Waals surface area contributed by atoms with E-state index in [0.29, 0.717) is 5.52 Å². The summed E-state index contributed by atoms with van der Waals surface area (Å²) < 4.78 is 28.4. The van der Waals surface area contributed by atoms with Crippen molar-refractivity contribution in [3.05, 3.63) is 60.3 Å². The molecule has 0 radical (unpaired) electrons. The Labute approximate surface area is 103 Å². The van der Waals surface area contributed by atoms with Gasteiger partial charge in [0.15, 0.2) is 11.6 Å². The Hall–Kier alpha value is -2.16. The molecule has 0 aliphatic heterocycles. The zero-order valence-electron chi connectivity index (χ0n) is 9.82. The summed E-state index contributed by atoms with van der Waals surface area (Å²) in [6.07, 6.45) is 1.89. The average Bonchev–Trinajstić information content (AvgIpc) is 2.69. The van der Waals surface area contributed by atoms with Gasteiger partial charge >= 0.3 is 0 Å². The van der Waals surface area contributed by atoms with Crippen molar-refractivity contribution >= 4 is 10.9 Å². The van der Waals surface area contributed by atoms with E-state index in [2.05, 4.69) is 0 Å². The molecule has 0 saturated heterocycles. The van der Waals surface area contributed by atoms with Crippen molar-refractivity contribution in [1.29, 1.82) is 0 Å². The third-order valence-electron chi connectivity index (χ3n) is 3.12. The standard InChI is InChI=1S/C15H11F2N/c1-18-9-12(10-5-3-2-4-6-10)11-7-13(16)14(17)8-15(11)18/h2-9H,1H3. The van der Waals surface area contributed by atoms with E-state index in [1.165, 1.54) is 12.1 Å². The molecule has 1 aromatic heterocycles. The fourth-order valence-electron chi connectivity index (χ4n) is 2.22. The summed E-state index contributed by atoms with van der Waals surface area (Å²) in [6, 6.07) is 12.2. The third-order valence-corrected chi connectivity index (χ3v) is 3.12. The second kappa shape index (κ2) is 3.95. The van der Waals surface area contributed by atoms with Gasteiger partial charge in [-0.3, -0.25) is 0 Å². The quantitative estimate of drug-likeness (QED) is 0.605. The van der Waals surface area contributed by atoms with E-state index in [0.717, 1.165) is 16.5 Å². The largest absolute Gasteiger partial charge is 0.350 e. The third kappa shape index (κ3) is 1.59. The number of aryl methyl sites for hydroxylation is 1. The molecule has 1 heterocycles. The summed E-state index contributed by atoms with van der Waals surface area (Å²) in [6.45, 7) is 0. The maximum Gasteiger partial charge on any atom is 0.160 e. The SMILES string of the molecule is Cn1cc(-c2ccccc2)c2cc(F)c(F)cc21. The van der Waals surface area contributed by atoms with E-state index in [1.807, 2.05) is 43.6 Å². The first-order chi connectivity index (χ1) is 8.66. The Bertz CT molecular complexity index is 714. The predicted molar refractivity (Wildman–Crippen MR) is 68.3 cm³/mol. The zero-order chi connectivity index (χ0) is 12.7. The lowest BCUT2D eigenvalue weighted by Crippen LogP contribution is -1.87. The maximum atomic E-state index is 13.4. The van der Waals surface area contributed by atoms with Crippen LogP contribution in [0.2, 0.25) is 0 Å². The Morgan fingerprint density at radius 1 is 0.944 bits per heavy atom. The molecule has 0 bridgehead atoms. The van der Waals surface area contributed by atoms with Crippen LogP contribution in [0.5, 0.6) is 0 Å². The molecule has 0 unspecified atom stereocenters. The zero-order valence-corrected chi connectivity index (χ0v) is 9.82. The Morgan fingerprint density at radius 3 is 2.33 bits per heavy atom. The highest BCUT2D eigenvalue weighted by Crippen LogP contribution is 2.31. The molecule has 0 saturated carbocycles. The fourth-order valence-corrected chi connectivity index (χ4v) is 2.22. The van der Waals surface area contributed by atoms with Crippen LogP contribution in [0.1, 0.15) is 0 Å². The smallest absolute Gasteiger partial charge is 0.160 e. The van der Waals surface area contributed by atoms with Crippen molar-refractivity contribution in [3.8, 4) is 11.1 Å². The summed E-state index contributed by atoms with van der Waals surface area (Å²) in [7, 11) is 1.83. The van der Waals surface area contributed by atoms with E-state index in [-0.39, 0.29) is 0 Å². The number of aromatic nitrogens is 1. The fraction of sp³-hybridized carbons (Fsp3) is 0.0667. The van der Waals surface area contributed by atoms with Gasteiger partial charge < -0.3 is 4.57 Å². The first-order valence-corrected chi connectivity index (χ1v) is 5.66. The van der Waals surface area contributed by atoms with Crippen LogP contribution in [0.4, 0.5) is 8.78 Å². The van der Waals surface area contributed by atoms with E-state index >= 15 is 0 Å². The molecular formula is C15H11F2N. The van der Waals surface area contributed by atoms with Crippen molar-refractivity contribution in [2.24, 2.45) is 7.05 Å². The van der Waals surface area contributed by atoms with Gasteiger partial charge in [0.05, 0.1) is 5.52 Å². The first kappa shape index (κ1) is 11.0. The Kier molecular flexibility index (Phi) is 2.40. The highest BCUT2D eigenvalue weighted by molar-refractivity contribution is 5.96. The van der Waals surface area contributed by atoms with E-state index in [4.69, 9.17) is 0 Å². The second-order valence-electron chi connectivity index (χ2n) is 4.30. The molecule has 0 aliphatic rings. The van der Waals surface area contributed by atoms with Gasteiger partial charge in [-0.25, -0.2) is 8.78 Å². The highest BCUT2D eigenvalue weighted by Gasteiger charge is 2.12. The lowest BCUT2D eigenvalue weighted by Gasteiger charge is -2.00. The van der Waals surface area contributed by atoms with Crippen molar-refractivity contribution < 1.29 is 8.78 Å². The molecule has 0 spiro atoms. The topological polar surface area (TPSA) is 4.93 Å². The maximum absolute atomic E-state index is 13.4. The molecule has 1 nitrogen and oxygen atoms in total. The molecule has 0 aliphatic carbocycles. The molecule has 3 aromatic rings. The highest BCUT2D eigenvalue weighted by atomic mass is 19.2. The van der Waals surface area contributed by atoms with Crippen LogP contribution in [0.25, 0.3) is 22.0 Å². The normalized spacial score (nSPS) is 11.1. The number of fused-ring (bicyclic) bond motifs is 1. The second-order valence-corrected chi connectivity index (χ2v) is 4.30. The van der Waals surface area contributed by atoms with Gasteiger partial charge in [-0.05, 0) is 11.6 Å². The van der Waals surface area contributed by atoms with E-state index < -0.39 is 11.6 Å². The number of hydrogen-bond donors (Lipinski definition) is 0. The number of benzene rings is 2. The van der Waals surface area contributed by atoms with Gasteiger partial charge in [0.2, 0.25) is 0 Å². The number of nitrogens with zero attached hydrogens (tertiary/aromatic N) is 1. The van der Waals surface area contributed by atoms with Gasteiger partial charge in [0.1, 0.15) is 0 Å². The van der Waals surface area contributed by atoms with Crippen molar-refractivity contribution in [2.45, 2.75) is 0 Å². The van der Waals surface area contributed by atoms with Gasteiger partial charge in [0.25, 0.3) is 0 Å². The minimum Gasteiger partial charge on any atom is -0.350 e. The van der Waals surface area contributed by atoms with Crippen LogP contribution in [0, 0.1) is 11.6 Å². The van der Waals surface area contributed by atoms with Crippen molar-refractivity contribution in [2.75, 3.05) is 0 Å². The molecule has 18 heavy (non-hydrogen) atoms. The Morgan fingerprint density at radius 2 is 1.61 bits per heavy atom. The summed E-state index contributed by atoms with van der Waals surface area (Å²) in [4.78, 5) is 0. The van der Waals surface area contributed by atoms with Crippen molar-refractivity contribution in [3.63, 3.8) is 0 Å². The first-order valence-electron chi connectivity index (χ1n) is 5.66. The lowest BCUT2D eigenvalue weighted by atomic mass is 10.0. The molecular weight excluding hydrogens is 232 g/mol. The number of hydrogen-bond acceptors (Lipinski definition) is 0. The summed E-state index contributed by atoms with van der Waals surface area (Å²) >= 11 is 0. The van der Waals surface area contributed by atoms with Crippen LogP contribution >= 0.6 is 0 Å². The van der Waals surface area contributed by atoms with Gasteiger partial charge in [-0.15, -0.1) is 0 Å².